The molecule has 3 rings (SSSR count). The molecule has 3 aromatic rings. The third-order valence-electron chi connectivity index (χ3n) is 4.95. The third-order valence-corrected chi connectivity index (χ3v) is 6.73. The second kappa shape index (κ2) is 9.14. The molecule has 0 saturated carbocycles. The summed E-state index contributed by atoms with van der Waals surface area (Å²) >= 11 is 0. The van der Waals surface area contributed by atoms with E-state index in [9.17, 15) is 26.4 Å². The predicted molar refractivity (Wildman–Crippen MR) is 122 cm³/mol. The SMILES string of the molecule is CN(C)c1ccc(NC(=O)c2cccc(S(=O)(=O)N(C)c3ccccc3)c2)c(C(F)(F)F)c1. The van der Waals surface area contributed by atoms with Gasteiger partial charge in [0.05, 0.1) is 21.8 Å². The number of hydrogen-bond donors (Lipinski definition) is 1. The second-order valence-corrected chi connectivity index (χ2v) is 9.38. The summed E-state index contributed by atoms with van der Waals surface area (Å²) in [5.41, 5.74) is -0.787. The van der Waals surface area contributed by atoms with E-state index in [4.69, 9.17) is 0 Å². The molecule has 1 amide bonds. The number of halogens is 3. The molecule has 0 aliphatic rings. The van der Waals surface area contributed by atoms with Crippen LogP contribution in [0.15, 0.2) is 77.7 Å². The number of alkyl halides is 3. The van der Waals surface area contributed by atoms with Crippen molar-refractivity contribution >= 4 is 33.0 Å². The second-order valence-electron chi connectivity index (χ2n) is 7.41. The minimum Gasteiger partial charge on any atom is -0.378 e. The lowest BCUT2D eigenvalue weighted by Gasteiger charge is -2.20. The Hall–Kier alpha value is -3.53. The van der Waals surface area contributed by atoms with Gasteiger partial charge >= 0.3 is 6.18 Å². The molecule has 0 aliphatic carbocycles. The first-order valence-electron chi connectivity index (χ1n) is 9.75. The number of carbonyl (C=O) groups is 1. The monoisotopic (exact) mass is 477 g/mol. The Morgan fingerprint density at radius 1 is 0.848 bits per heavy atom. The van der Waals surface area contributed by atoms with Crippen LogP contribution in [0.1, 0.15) is 15.9 Å². The Morgan fingerprint density at radius 2 is 1.52 bits per heavy atom. The molecule has 0 saturated heterocycles. The zero-order valence-electron chi connectivity index (χ0n) is 18.1. The molecule has 0 spiro atoms. The molecule has 0 aromatic heterocycles. The van der Waals surface area contributed by atoms with Crippen LogP contribution in [0.4, 0.5) is 30.2 Å². The van der Waals surface area contributed by atoms with Gasteiger partial charge in [0.1, 0.15) is 0 Å². The molecular formula is C23H22F3N3O3S. The van der Waals surface area contributed by atoms with Gasteiger partial charge in [-0.15, -0.1) is 0 Å². The Balaban J connectivity index is 1.92. The number of nitrogens with one attached hydrogen (secondary N) is 1. The fourth-order valence-electron chi connectivity index (χ4n) is 3.08. The fourth-order valence-corrected chi connectivity index (χ4v) is 4.32. The van der Waals surface area contributed by atoms with Gasteiger partial charge < -0.3 is 10.2 Å². The van der Waals surface area contributed by atoms with Crippen molar-refractivity contribution in [1.29, 1.82) is 0 Å². The largest absolute Gasteiger partial charge is 0.418 e. The number of sulfonamides is 1. The smallest absolute Gasteiger partial charge is 0.378 e. The molecule has 174 valence electrons. The topological polar surface area (TPSA) is 69.7 Å². The zero-order valence-corrected chi connectivity index (χ0v) is 18.9. The van der Waals surface area contributed by atoms with E-state index in [-0.39, 0.29) is 10.5 Å². The number of amides is 1. The molecule has 1 N–H and O–H groups in total. The van der Waals surface area contributed by atoms with Crippen molar-refractivity contribution in [3.05, 3.63) is 83.9 Å². The summed E-state index contributed by atoms with van der Waals surface area (Å²) < 4.78 is 67.7. The van der Waals surface area contributed by atoms with Gasteiger partial charge in [0, 0.05) is 32.4 Å². The van der Waals surface area contributed by atoms with Crippen molar-refractivity contribution in [3.63, 3.8) is 0 Å². The van der Waals surface area contributed by atoms with Crippen LogP contribution in [0.2, 0.25) is 0 Å². The first-order valence-corrected chi connectivity index (χ1v) is 11.2. The van der Waals surface area contributed by atoms with E-state index in [0.29, 0.717) is 11.4 Å². The van der Waals surface area contributed by atoms with Gasteiger partial charge in [-0.1, -0.05) is 24.3 Å². The van der Waals surface area contributed by atoms with Crippen LogP contribution in [-0.4, -0.2) is 35.5 Å². The van der Waals surface area contributed by atoms with Crippen LogP contribution in [0, 0.1) is 0 Å². The molecule has 10 heteroatoms. The standard InChI is InChI=1S/C23H22F3N3O3S/c1-28(2)18-12-13-21(20(15-18)23(24,25)26)27-22(30)16-8-7-11-19(14-16)33(31,32)29(3)17-9-5-4-6-10-17/h4-15H,1-3H3,(H,27,30). The Bertz CT molecular complexity index is 1260. The van der Waals surface area contributed by atoms with Crippen LogP contribution in [0.5, 0.6) is 0 Å². The highest BCUT2D eigenvalue weighted by atomic mass is 32.2. The van der Waals surface area contributed by atoms with E-state index in [1.54, 1.807) is 44.4 Å². The quantitative estimate of drug-likeness (QED) is 0.551. The number of carbonyl (C=O) groups excluding carboxylic acids is 1. The summed E-state index contributed by atoms with van der Waals surface area (Å²) in [6.07, 6.45) is -4.70. The molecule has 0 unspecified atom stereocenters. The van der Waals surface area contributed by atoms with E-state index >= 15 is 0 Å². The molecule has 3 aromatic carbocycles. The molecule has 0 atom stereocenters. The molecule has 0 heterocycles. The van der Waals surface area contributed by atoms with Gasteiger partial charge in [0.25, 0.3) is 15.9 Å². The molecule has 0 fully saturated rings. The first-order chi connectivity index (χ1) is 15.4. The average Bonchev–Trinajstić information content (AvgIpc) is 2.78. The van der Waals surface area contributed by atoms with E-state index in [1.807, 2.05) is 0 Å². The van der Waals surface area contributed by atoms with Gasteiger partial charge in [-0.2, -0.15) is 13.2 Å². The van der Waals surface area contributed by atoms with Crippen LogP contribution in [0.3, 0.4) is 0 Å². The molecule has 0 radical (unpaired) electrons. The summed E-state index contributed by atoms with van der Waals surface area (Å²) in [7, 11) is 0.581. The Morgan fingerprint density at radius 3 is 2.12 bits per heavy atom. The van der Waals surface area contributed by atoms with Gasteiger partial charge in [-0.05, 0) is 48.5 Å². The Kier molecular flexibility index (Phi) is 6.68. The molecule has 33 heavy (non-hydrogen) atoms. The maximum atomic E-state index is 13.6. The number of benzene rings is 3. The van der Waals surface area contributed by atoms with Gasteiger partial charge in [0.2, 0.25) is 0 Å². The number of para-hydroxylation sites is 1. The molecule has 0 bridgehead atoms. The van der Waals surface area contributed by atoms with Crippen molar-refractivity contribution in [2.75, 3.05) is 35.7 Å². The van der Waals surface area contributed by atoms with E-state index in [2.05, 4.69) is 5.32 Å². The minimum atomic E-state index is -4.70. The highest BCUT2D eigenvalue weighted by molar-refractivity contribution is 7.92. The van der Waals surface area contributed by atoms with E-state index < -0.39 is 33.4 Å². The van der Waals surface area contributed by atoms with Gasteiger partial charge in [0.15, 0.2) is 0 Å². The van der Waals surface area contributed by atoms with Crippen LogP contribution < -0.4 is 14.5 Å². The number of rotatable bonds is 6. The fraction of sp³-hybridized carbons (Fsp3) is 0.174. The average molecular weight is 478 g/mol. The normalized spacial score (nSPS) is 11.7. The minimum absolute atomic E-state index is 0.0950. The van der Waals surface area contributed by atoms with Crippen molar-refractivity contribution in [2.24, 2.45) is 0 Å². The highest BCUT2D eigenvalue weighted by Crippen LogP contribution is 2.37. The number of hydrogen-bond acceptors (Lipinski definition) is 4. The highest BCUT2D eigenvalue weighted by Gasteiger charge is 2.34. The summed E-state index contributed by atoms with van der Waals surface area (Å²) in [6.45, 7) is 0. The summed E-state index contributed by atoms with van der Waals surface area (Å²) in [5.74, 6) is -0.863. The lowest BCUT2D eigenvalue weighted by Crippen LogP contribution is -2.26. The maximum absolute atomic E-state index is 13.6. The van der Waals surface area contributed by atoms with Crippen molar-refractivity contribution in [2.45, 2.75) is 11.1 Å². The number of nitrogens with zero attached hydrogens (tertiary/aromatic N) is 2. The summed E-state index contributed by atoms with van der Waals surface area (Å²) in [6, 6.07) is 17.0. The van der Waals surface area contributed by atoms with E-state index in [1.165, 1.54) is 42.3 Å². The van der Waals surface area contributed by atoms with Crippen molar-refractivity contribution in [3.8, 4) is 0 Å². The number of anilines is 3. The van der Waals surface area contributed by atoms with Crippen molar-refractivity contribution < 1.29 is 26.4 Å². The van der Waals surface area contributed by atoms with Gasteiger partial charge in [-0.3, -0.25) is 9.10 Å². The predicted octanol–water partition coefficient (Wildman–Crippen LogP) is 4.85. The molecule has 0 aliphatic heterocycles. The van der Waals surface area contributed by atoms with Crippen molar-refractivity contribution in [1.82, 2.24) is 0 Å². The maximum Gasteiger partial charge on any atom is 0.418 e. The summed E-state index contributed by atoms with van der Waals surface area (Å²) in [5, 5.41) is 2.25. The molecular weight excluding hydrogens is 455 g/mol. The van der Waals surface area contributed by atoms with Crippen LogP contribution in [0.25, 0.3) is 0 Å². The van der Waals surface area contributed by atoms with Crippen LogP contribution >= 0.6 is 0 Å². The first kappa shape index (κ1) is 24.1. The van der Waals surface area contributed by atoms with Crippen LogP contribution in [-0.2, 0) is 16.2 Å². The summed E-state index contributed by atoms with van der Waals surface area (Å²) in [4.78, 5) is 14.1. The third kappa shape index (κ3) is 5.28. The zero-order chi connectivity index (χ0) is 24.4. The molecule has 6 nitrogen and oxygen atoms in total. The lowest BCUT2D eigenvalue weighted by molar-refractivity contribution is -0.136. The Labute approximate surface area is 190 Å². The lowest BCUT2D eigenvalue weighted by atomic mass is 10.1. The van der Waals surface area contributed by atoms with E-state index in [0.717, 1.165) is 16.4 Å². The van der Waals surface area contributed by atoms with Gasteiger partial charge in [-0.25, -0.2) is 8.42 Å².